The first-order valence-corrected chi connectivity index (χ1v) is 7.80. The molecule has 3 unspecified atom stereocenters. The van der Waals surface area contributed by atoms with Crippen LogP contribution in [0.2, 0.25) is 0 Å². The fraction of sp³-hybridized carbons (Fsp3) is 0.692. The summed E-state index contributed by atoms with van der Waals surface area (Å²) in [4.78, 5) is 46.0. The number of hydrogen-bond donors (Lipinski definition) is 6. The highest BCUT2D eigenvalue weighted by atomic mass is 32.1. The van der Waals surface area contributed by atoms with Crippen LogP contribution in [-0.4, -0.2) is 59.7 Å². The van der Waals surface area contributed by atoms with E-state index in [-0.39, 0.29) is 18.2 Å². The molecule has 0 bridgehead atoms. The van der Waals surface area contributed by atoms with E-state index in [4.69, 9.17) is 10.8 Å². The quantitative estimate of drug-likeness (QED) is 0.254. The second-order valence-corrected chi connectivity index (χ2v) is 5.36. The molecule has 0 saturated heterocycles. The van der Waals surface area contributed by atoms with E-state index in [0.29, 0.717) is 6.42 Å². The summed E-state index contributed by atoms with van der Waals surface area (Å²) in [5, 5.41) is 15.7. The Kier molecular flexibility index (Phi) is 9.99. The average Bonchev–Trinajstić information content (AvgIpc) is 2.53. The maximum absolute atomic E-state index is 12.2. The number of rotatable bonds is 10. The summed E-state index contributed by atoms with van der Waals surface area (Å²) in [6.45, 7) is 2.77. The van der Waals surface area contributed by atoms with E-state index in [0.717, 1.165) is 0 Å². The Morgan fingerprint density at radius 3 is 2.22 bits per heavy atom. The molecular weight excluding hydrogens is 324 g/mol. The van der Waals surface area contributed by atoms with E-state index in [1.54, 1.807) is 6.92 Å². The van der Waals surface area contributed by atoms with Crippen molar-refractivity contribution in [3.8, 4) is 0 Å². The molecule has 6 N–H and O–H groups in total. The van der Waals surface area contributed by atoms with Crippen molar-refractivity contribution in [1.29, 1.82) is 0 Å². The third kappa shape index (κ3) is 7.84. The molecule has 0 radical (unpaired) electrons. The minimum atomic E-state index is -1.18. The van der Waals surface area contributed by atoms with Crippen LogP contribution >= 0.6 is 12.6 Å². The molecule has 0 aliphatic carbocycles. The maximum Gasteiger partial charge on any atom is 0.322 e. The zero-order valence-corrected chi connectivity index (χ0v) is 14.1. The number of carboxylic acids is 1. The van der Waals surface area contributed by atoms with Gasteiger partial charge in [-0.05, 0) is 5.92 Å². The summed E-state index contributed by atoms with van der Waals surface area (Å²) in [5.74, 6) is -3.08. The normalized spacial score (nSPS) is 14.3. The number of carbonyl (C=O) groups is 4. The lowest BCUT2D eigenvalue weighted by Crippen LogP contribution is -2.57. The van der Waals surface area contributed by atoms with Crippen molar-refractivity contribution in [2.24, 2.45) is 11.7 Å². The Morgan fingerprint density at radius 1 is 1.17 bits per heavy atom. The highest BCUT2D eigenvalue weighted by Crippen LogP contribution is 2.08. The van der Waals surface area contributed by atoms with Crippen molar-refractivity contribution in [3.05, 3.63) is 0 Å². The molecule has 0 aliphatic rings. The fourth-order valence-electron chi connectivity index (χ4n) is 1.68. The minimum Gasteiger partial charge on any atom is -0.480 e. The van der Waals surface area contributed by atoms with Crippen molar-refractivity contribution >= 4 is 36.3 Å². The summed E-state index contributed by atoms with van der Waals surface area (Å²) in [6, 6.07) is -1.85. The molecule has 0 aromatic heterocycles. The summed E-state index contributed by atoms with van der Waals surface area (Å²) in [6.07, 6.45) is 0.589. The van der Waals surface area contributed by atoms with Crippen LogP contribution in [-0.2, 0) is 19.2 Å². The summed E-state index contributed by atoms with van der Waals surface area (Å²) in [5.41, 5.74) is 5.17. The summed E-state index contributed by atoms with van der Waals surface area (Å²) >= 11 is 3.99. The standard InChI is InChI=1S/C13H24N4O5S/c1-3-7(2)11(13(22)15-5-10(19)20)17-12(21)8(6-23)16-9(18)4-14/h7-8,11,23H,3-6,14H2,1-2H3,(H,15,22)(H,16,18)(H,17,21)(H,19,20). The van der Waals surface area contributed by atoms with Gasteiger partial charge in [-0.1, -0.05) is 20.3 Å². The van der Waals surface area contributed by atoms with Crippen molar-refractivity contribution in [1.82, 2.24) is 16.0 Å². The number of hydrogen-bond acceptors (Lipinski definition) is 6. The third-order valence-electron chi connectivity index (χ3n) is 3.23. The topological polar surface area (TPSA) is 151 Å². The SMILES string of the molecule is CCC(C)C(NC(=O)C(CS)NC(=O)CN)C(=O)NCC(=O)O. The molecule has 0 aromatic rings. The molecule has 0 heterocycles. The Bertz CT molecular complexity index is 446. The van der Waals surface area contributed by atoms with Crippen LogP contribution in [0.1, 0.15) is 20.3 Å². The van der Waals surface area contributed by atoms with Crippen LogP contribution in [0.25, 0.3) is 0 Å². The molecule has 0 fully saturated rings. The number of carbonyl (C=O) groups excluding carboxylic acids is 3. The van der Waals surface area contributed by atoms with Crippen LogP contribution in [0.3, 0.4) is 0 Å². The number of nitrogens with two attached hydrogens (primary N) is 1. The van der Waals surface area contributed by atoms with Gasteiger partial charge in [0.25, 0.3) is 0 Å². The van der Waals surface area contributed by atoms with Gasteiger partial charge in [-0.2, -0.15) is 12.6 Å². The Morgan fingerprint density at radius 2 is 1.78 bits per heavy atom. The Balaban J connectivity index is 4.92. The smallest absolute Gasteiger partial charge is 0.322 e. The molecule has 0 aliphatic heterocycles. The lowest BCUT2D eigenvalue weighted by atomic mass is 9.98. The van der Waals surface area contributed by atoms with Crippen molar-refractivity contribution in [2.75, 3.05) is 18.8 Å². The molecular formula is C13H24N4O5S. The van der Waals surface area contributed by atoms with Crippen molar-refractivity contribution < 1.29 is 24.3 Å². The first-order valence-electron chi connectivity index (χ1n) is 7.16. The molecule has 0 saturated carbocycles. The first-order chi connectivity index (χ1) is 10.8. The van der Waals surface area contributed by atoms with Crippen LogP contribution < -0.4 is 21.7 Å². The molecule has 23 heavy (non-hydrogen) atoms. The van der Waals surface area contributed by atoms with Gasteiger partial charge >= 0.3 is 5.97 Å². The molecule has 0 spiro atoms. The van der Waals surface area contributed by atoms with Gasteiger partial charge in [-0.15, -0.1) is 0 Å². The van der Waals surface area contributed by atoms with E-state index >= 15 is 0 Å². The highest BCUT2D eigenvalue weighted by molar-refractivity contribution is 7.80. The van der Waals surface area contributed by atoms with E-state index in [9.17, 15) is 19.2 Å². The zero-order valence-electron chi connectivity index (χ0n) is 13.2. The molecule has 132 valence electrons. The molecule has 0 rings (SSSR count). The summed E-state index contributed by atoms with van der Waals surface area (Å²) in [7, 11) is 0. The van der Waals surface area contributed by atoms with Gasteiger partial charge in [0, 0.05) is 5.75 Å². The first kappa shape index (κ1) is 21.2. The number of nitrogens with one attached hydrogen (secondary N) is 3. The van der Waals surface area contributed by atoms with E-state index in [1.165, 1.54) is 0 Å². The molecule has 10 heteroatoms. The van der Waals surface area contributed by atoms with Gasteiger partial charge in [-0.25, -0.2) is 0 Å². The monoisotopic (exact) mass is 348 g/mol. The predicted molar refractivity (Wildman–Crippen MR) is 86.9 cm³/mol. The van der Waals surface area contributed by atoms with Gasteiger partial charge in [0.15, 0.2) is 0 Å². The Labute approximate surface area is 140 Å². The fourth-order valence-corrected chi connectivity index (χ4v) is 1.93. The number of thiol groups is 1. The zero-order chi connectivity index (χ0) is 18.0. The molecule has 3 amide bonds. The van der Waals surface area contributed by atoms with Gasteiger partial charge in [0.05, 0.1) is 6.54 Å². The number of aliphatic carboxylic acids is 1. The van der Waals surface area contributed by atoms with Gasteiger partial charge in [-0.3, -0.25) is 19.2 Å². The number of carboxylic acid groups (broad SMARTS) is 1. The number of amides is 3. The largest absolute Gasteiger partial charge is 0.480 e. The second-order valence-electron chi connectivity index (χ2n) is 4.99. The van der Waals surface area contributed by atoms with Crippen LogP contribution in [0.5, 0.6) is 0 Å². The van der Waals surface area contributed by atoms with Gasteiger partial charge in [0.1, 0.15) is 18.6 Å². The van der Waals surface area contributed by atoms with E-state index in [1.807, 2.05) is 6.92 Å². The lowest BCUT2D eigenvalue weighted by molar-refractivity contribution is -0.138. The Hall–Kier alpha value is -1.81. The highest BCUT2D eigenvalue weighted by Gasteiger charge is 2.29. The molecule has 3 atom stereocenters. The van der Waals surface area contributed by atoms with Crippen molar-refractivity contribution in [3.63, 3.8) is 0 Å². The maximum atomic E-state index is 12.2. The van der Waals surface area contributed by atoms with Gasteiger partial charge in [0.2, 0.25) is 17.7 Å². The average molecular weight is 348 g/mol. The second kappa shape index (κ2) is 10.8. The molecule has 9 nitrogen and oxygen atoms in total. The van der Waals surface area contributed by atoms with Crippen LogP contribution in [0.4, 0.5) is 0 Å². The minimum absolute atomic E-state index is 0.0293. The van der Waals surface area contributed by atoms with Crippen LogP contribution in [0.15, 0.2) is 0 Å². The summed E-state index contributed by atoms with van der Waals surface area (Å²) < 4.78 is 0. The van der Waals surface area contributed by atoms with Crippen LogP contribution in [0, 0.1) is 5.92 Å². The van der Waals surface area contributed by atoms with Crippen molar-refractivity contribution in [2.45, 2.75) is 32.4 Å². The van der Waals surface area contributed by atoms with E-state index in [2.05, 4.69) is 28.6 Å². The van der Waals surface area contributed by atoms with Gasteiger partial charge < -0.3 is 26.8 Å². The molecule has 0 aromatic carbocycles. The predicted octanol–water partition coefficient (Wildman–Crippen LogP) is -1.91. The van der Waals surface area contributed by atoms with E-state index < -0.39 is 42.3 Å². The lowest BCUT2D eigenvalue weighted by Gasteiger charge is -2.25. The third-order valence-corrected chi connectivity index (χ3v) is 3.59.